The Labute approximate surface area is 76.1 Å². The van der Waals surface area contributed by atoms with Gasteiger partial charge in [-0.3, -0.25) is 0 Å². The molecule has 0 bridgehead atoms. The summed E-state index contributed by atoms with van der Waals surface area (Å²) in [6.07, 6.45) is 2.22. The van der Waals surface area contributed by atoms with Crippen LogP contribution in [0.1, 0.15) is 0 Å². The molecular weight excluding hydrogens is 193 g/mol. The lowest BCUT2D eigenvalue weighted by Crippen LogP contribution is -2.30. The van der Waals surface area contributed by atoms with E-state index in [9.17, 15) is 8.42 Å². The molecule has 0 radical (unpaired) electrons. The van der Waals surface area contributed by atoms with Gasteiger partial charge in [-0.2, -0.15) is 0 Å². The van der Waals surface area contributed by atoms with Crippen LogP contribution >= 0.6 is 0 Å². The van der Waals surface area contributed by atoms with E-state index in [1.54, 1.807) is 0 Å². The van der Waals surface area contributed by atoms with E-state index >= 15 is 0 Å². The van der Waals surface area contributed by atoms with Crippen LogP contribution in [0, 0.1) is 0 Å². The molecule has 0 amide bonds. The first-order chi connectivity index (χ1) is 5.91. The maximum atomic E-state index is 11.0. The van der Waals surface area contributed by atoms with Gasteiger partial charge in [-0.1, -0.05) is 0 Å². The standard InChI is InChI=1S/C6H8BNO4S/c1-13(11,12)6-4-5(7(9)10)2-3-8-6/h2-4,9-10H,1H3. The third-order valence-electron chi connectivity index (χ3n) is 1.44. The molecule has 13 heavy (non-hydrogen) atoms. The summed E-state index contributed by atoms with van der Waals surface area (Å²) >= 11 is 0. The van der Waals surface area contributed by atoms with Crippen LogP contribution in [0.4, 0.5) is 0 Å². The number of aromatic nitrogens is 1. The van der Waals surface area contributed by atoms with Gasteiger partial charge < -0.3 is 10.0 Å². The molecule has 0 saturated heterocycles. The van der Waals surface area contributed by atoms with Gasteiger partial charge in [0.2, 0.25) is 0 Å². The van der Waals surface area contributed by atoms with Gasteiger partial charge in [0, 0.05) is 12.5 Å². The summed E-state index contributed by atoms with van der Waals surface area (Å²) in [6.45, 7) is 0. The normalized spacial score (nSPS) is 11.3. The fraction of sp³-hybridized carbons (Fsp3) is 0.167. The Balaban J connectivity index is 3.21. The monoisotopic (exact) mass is 201 g/mol. The van der Waals surface area contributed by atoms with Crippen molar-refractivity contribution in [3.05, 3.63) is 18.3 Å². The van der Waals surface area contributed by atoms with E-state index in [2.05, 4.69) is 4.98 Å². The summed E-state index contributed by atoms with van der Waals surface area (Å²) in [7, 11) is -5.07. The van der Waals surface area contributed by atoms with Crippen molar-refractivity contribution in [2.24, 2.45) is 0 Å². The first-order valence-corrected chi connectivity index (χ1v) is 5.32. The minimum Gasteiger partial charge on any atom is -0.423 e. The van der Waals surface area contributed by atoms with Crippen LogP contribution in [0.3, 0.4) is 0 Å². The third kappa shape index (κ3) is 2.51. The van der Waals surface area contributed by atoms with E-state index in [0.717, 1.165) is 12.3 Å². The molecule has 1 heterocycles. The molecule has 0 saturated carbocycles. The second-order valence-electron chi connectivity index (χ2n) is 2.57. The average Bonchev–Trinajstić information content (AvgIpc) is 2.03. The molecule has 2 N–H and O–H groups in total. The van der Waals surface area contributed by atoms with Crippen LogP contribution in [-0.2, 0) is 9.84 Å². The summed E-state index contributed by atoms with van der Waals surface area (Å²) < 4.78 is 22.0. The van der Waals surface area contributed by atoms with E-state index in [0.29, 0.717) is 0 Å². The van der Waals surface area contributed by atoms with Crippen LogP contribution in [0.25, 0.3) is 0 Å². The van der Waals surface area contributed by atoms with E-state index < -0.39 is 17.0 Å². The molecule has 0 aliphatic carbocycles. The molecule has 0 aliphatic heterocycles. The van der Waals surface area contributed by atoms with Gasteiger partial charge in [0.15, 0.2) is 14.9 Å². The van der Waals surface area contributed by atoms with Gasteiger partial charge in [-0.25, -0.2) is 13.4 Å². The van der Waals surface area contributed by atoms with E-state index in [4.69, 9.17) is 10.0 Å². The second kappa shape index (κ2) is 3.45. The molecule has 1 aromatic heterocycles. The molecule has 7 heteroatoms. The van der Waals surface area contributed by atoms with E-state index in [-0.39, 0.29) is 10.5 Å². The summed E-state index contributed by atoms with van der Waals surface area (Å²) in [6, 6.07) is 2.46. The van der Waals surface area contributed by atoms with Gasteiger partial charge in [0.05, 0.1) is 0 Å². The summed E-state index contributed by atoms with van der Waals surface area (Å²) in [4.78, 5) is 3.58. The molecule has 0 spiro atoms. The van der Waals surface area contributed by atoms with Gasteiger partial charge in [-0.05, 0) is 17.6 Å². The van der Waals surface area contributed by atoms with Gasteiger partial charge >= 0.3 is 7.12 Å². The highest BCUT2D eigenvalue weighted by atomic mass is 32.2. The molecule has 0 aromatic carbocycles. The lowest BCUT2D eigenvalue weighted by atomic mass is 9.81. The van der Waals surface area contributed by atoms with Crippen molar-refractivity contribution in [2.45, 2.75) is 5.03 Å². The highest BCUT2D eigenvalue weighted by Gasteiger charge is 2.15. The summed E-state index contributed by atoms with van der Waals surface area (Å²) in [5, 5.41) is 17.3. The van der Waals surface area contributed by atoms with Crippen LogP contribution < -0.4 is 5.46 Å². The lowest BCUT2D eigenvalue weighted by Gasteiger charge is -2.00. The first kappa shape index (κ1) is 10.2. The quantitative estimate of drug-likeness (QED) is 0.549. The minimum atomic E-state index is -3.39. The molecular formula is C6H8BNO4S. The predicted octanol–water partition coefficient (Wildman–Crippen LogP) is -1.84. The van der Waals surface area contributed by atoms with Crippen LogP contribution in [0.5, 0.6) is 0 Å². The Morgan fingerprint density at radius 3 is 2.54 bits per heavy atom. The maximum absolute atomic E-state index is 11.0. The van der Waals surface area contributed by atoms with Crippen LogP contribution in [0.2, 0.25) is 0 Å². The topological polar surface area (TPSA) is 87.5 Å². The zero-order valence-electron chi connectivity index (χ0n) is 6.88. The minimum absolute atomic E-state index is 0.107. The molecule has 0 unspecified atom stereocenters. The second-order valence-corrected chi connectivity index (χ2v) is 4.54. The highest BCUT2D eigenvalue weighted by molar-refractivity contribution is 7.90. The zero-order valence-corrected chi connectivity index (χ0v) is 7.69. The number of sulfone groups is 1. The number of hydrogen-bond acceptors (Lipinski definition) is 5. The predicted molar refractivity (Wildman–Crippen MR) is 47.2 cm³/mol. The first-order valence-electron chi connectivity index (χ1n) is 3.43. The average molecular weight is 201 g/mol. The lowest BCUT2D eigenvalue weighted by molar-refractivity contribution is 0.425. The smallest absolute Gasteiger partial charge is 0.423 e. The molecule has 0 aliphatic rings. The van der Waals surface area contributed by atoms with Gasteiger partial charge in [-0.15, -0.1) is 0 Å². The van der Waals surface area contributed by atoms with Gasteiger partial charge in [0.1, 0.15) is 0 Å². The van der Waals surface area contributed by atoms with Crippen LogP contribution in [-0.4, -0.2) is 36.8 Å². The van der Waals surface area contributed by atoms with Crippen molar-refractivity contribution in [3.8, 4) is 0 Å². The van der Waals surface area contributed by atoms with Gasteiger partial charge in [0.25, 0.3) is 0 Å². The Morgan fingerprint density at radius 2 is 2.08 bits per heavy atom. The van der Waals surface area contributed by atoms with Crippen molar-refractivity contribution >= 4 is 22.4 Å². The molecule has 1 rings (SSSR count). The number of hydrogen-bond donors (Lipinski definition) is 2. The van der Waals surface area contributed by atoms with Crippen molar-refractivity contribution < 1.29 is 18.5 Å². The van der Waals surface area contributed by atoms with Crippen molar-refractivity contribution in [1.82, 2.24) is 4.98 Å². The SMILES string of the molecule is CS(=O)(=O)c1cc(B(O)O)ccn1. The zero-order chi connectivity index (χ0) is 10.1. The third-order valence-corrected chi connectivity index (χ3v) is 2.42. The number of rotatable bonds is 2. The van der Waals surface area contributed by atoms with Crippen molar-refractivity contribution in [2.75, 3.05) is 6.26 Å². The van der Waals surface area contributed by atoms with Crippen molar-refractivity contribution in [3.63, 3.8) is 0 Å². The Kier molecular flexibility index (Phi) is 2.70. The van der Waals surface area contributed by atoms with E-state index in [1.807, 2.05) is 0 Å². The molecule has 0 atom stereocenters. The molecule has 70 valence electrons. The number of pyridine rings is 1. The largest absolute Gasteiger partial charge is 0.488 e. The van der Waals surface area contributed by atoms with Crippen molar-refractivity contribution in [1.29, 1.82) is 0 Å². The Morgan fingerprint density at radius 1 is 1.46 bits per heavy atom. The van der Waals surface area contributed by atoms with E-state index in [1.165, 1.54) is 12.3 Å². The fourth-order valence-electron chi connectivity index (χ4n) is 0.788. The molecule has 5 nitrogen and oxygen atoms in total. The number of nitrogens with zero attached hydrogens (tertiary/aromatic N) is 1. The van der Waals surface area contributed by atoms with Crippen LogP contribution in [0.15, 0.2) is 23.4 Å². The Hall–Kier alpha value is -0.915. The fourth-order valence-corrected chi connectivity index (χ4v) is 1.39. The summed E-state index contributed by atoms with van der Waals surface area (Å²) in [5.41, 5.74) is 0.107. The Bertz CT molecular complexity index is 403. The molecule has 0 fully saturated rings. The highest BCUT2D eigenvalue weighted by Crippen LogP contribution is 2.00. The maximum Gasteiger partial charge on any atom is 0.488 e. The molecule has 1 aromatic rings. The summed E-state index contributed by atoms with van der Waals surface area (Å²) in [5.74, 6) is 0.